The summed E-state index contributed by atoms with van der Waals surface area (Å²) < 4.78 is 1.58. The molecule has 1 aliphatic heterocycles. The van der Waals surface area contributed by atoms with Gasteiger partial charge in [0.05, 0.1) is 5.69 Å². The molecule has 0 atom stereocenters. The highest BCUT2D eigenvalue weighted by atomic mass is 15.4. The van der Waals surface area contributed by atoms with Crippen molar-refractivity contribution < 1.29 is 0 Å². The quantitative estimate of drug-likeness (QED) is 0.509. The van der Waals surface area contributed by atoms with Crippen LogP contribution in [0.15, 0.2) is 0 Å². The van der Waals surface area contributed by atoms with Crippen molar-refractivity contribution in [2.24, 2.45) is 5.73 Å². The van der Waals surface area contributed by atoms with E-state index in [1.54, 1.807) is 4.68 Å². The maximum absolute atomic E-state index is 7.61. The van der Waals surface area contributed by atoms with Crippen molar-refractivity contribution in [1.29, 1.82) is 5.41 Å². The standard InChI is InChI=1S/C12H19N5/c13-12(14)17-11-9(6-1-2-7-15-11)10(16-17)8-4-3-5-8/h8,15H,1-7H2,(H3,13,14). The molecule has 5 heteroatoms. The molecular weight excluding hydrogens is 214 g/mol. The molecule has 0 unspecified atom stereocenters. The molecule has 92 valence electrons. The molecule has 1 aromatic heterocycles. The Hall–Kier alpha value is -1.52. The summed E-state index contributed by atoms with van der Waals surface area (Å²) in [5.41, 5.74) is 8.10. The van der Waals surface area contributed by atoms with Crippen molar-refractivity contribution in [2.45, 2.75) is 44.4 Å². The fourth-order valence-corrected chi connectivity index (χ4v) is 2.71. The molecule has 1 aromatic rings. The molecule has 1 aliphatic carbocycles. The summed E-state index contributed by atoms with van der Waals surface area (Å²) in [6.45, 7) is 0.954. The Labute approximate surface area is 101 Å². The Morgan fingerprint density at radius 1 is 1.35 bits per heavy atom. The minimum Gasteiger partial charge on any atom is -0.370 e. The second-order valence-electron chi connectivity index (χ2n) is 5.02. The zero-order chi connectivity index (χ0) is 11.8. The van der Waals surface area contributed by atoms with Gasteiger partial charge in [0, 0.05) is 18.0 Å². The number of rotatable bonds is 1. The maximum Gasteiger partial charge on any atom is 0.215 e. The average molecular weight is 233 g/mol. The Kier molecular flexibility index (Phi) is 2.53. The van der Waals surface area contributed by atoms with Gasteiger partial charge in [-0.2, -0.15) is 9.78 Å². The third kappa shape index (κ3) is 1.69. The van der Waals surface area contributed by atoms with Crippen molar-refractivity contribution in [3.05, 3.63) is 11.3 Å². The Morgan fingerprint density at radius 2 is 2.18 bits per heavy atom. The normalized spacial score (nSPS) is 20.0. The average Bonchev–Trinajstić information content (AvgIpc) is 2.44. The highest BCUT2D eigenvalue weighted by molar-refractivity contribution is 5.81. The van der Waals surface area contributed by atoms with Gasteiger partial charge >= 0.3 is 0 Å². The van der Waals surface area contributed by atoms with Crippen molar-refractivity contribution in [2.75, 3.05) is 11.9 Å². The molecule has 0 spiro atoms. The molecule has 2 aliphatic rings. The first-order valence-electron chi connectivity index (χ1n) is 6.47. The van der Waals surface area contributed by atoms with E-state index in [9.17, 15) is 0 Å². The van der Waals surface area contributed by atoms with E-state index in [0.717, 1.165) is 18.8 Å². The maximum atomic E-state index is 7.61. The van der Waals surface area contributed by atoms with Gasteiger partial charge in [-0.25, -0.2) is 0 Å². The second kappa shape index (κ2) is 4.05. The summed E-state index contributed by atoms with van der Waals surface area (Å²) in [5, 5.41) is 15.6. The van der Waals surface area contributed by atoms with Crippen LogP contribution in [-0.2, 0) is 6.42 Å². The van der Waals surface area contributed by atoms with Crippen LogP contribution in [0.5, 0.6) is 0 Å². The van der Waals surface area contributed by atoms with E-state index in [1.807, 2.05) is 0 Å². The molecule has 17 heavy (non-hydrogen) atoms. The molecular formula is C12H19N5. The molecule has 5 nitrogen and oxygen atoms in total. The SMILES string of the molecule is N=C(N)n1nc(C2CCC2)c2c1NCCCC2. The van der Waals surface area contributed by atoms with E-state index in [1.165, 1.54) is 43.4 Å². The van der Waals surface area contributed by atoms with Crippen LogP contribution >= 0.6 is 0 Å². The highest BCUT2D eigenvalue weighted by Crippen LogP contribution is 2.40. The van der Waals surface area contributed by atoms with Crippen LogP contribution in [0.1, 0.15) is 49.3 Å². The summed E-state index contributed by atoms with van der Waals surface area (Å²) in [5.74, 6) is 1.59. The zero-order valence-corrected chi connectivity index (χ0v) is 10.00. The van der Waals surface area contributed by atoms with Crippen LogP contribution in [0, 0.1) is 5.41 Å². The number of nitrogens with two attached hydrogens (primary N) is 1. The number of aromatic nitrogens is 2. The largest absolute Gasteiger partial charge is 0.370 e. The van der Waals surface area contributed by atoms with E-state index >= 15 is 0 Å². The summed E-state index contributed by atoms with van der Waals surface area (Å²) in [6, 6.07) is 0. The van der Waals surface area contributed by atoms with Gasteiger partial charge in [-0.05, 0) is 32.1 Å². The number of hydrogen-bond donors (Lipinski definition) is 3. The fourth-order valence-electron chi connectivity index (χ4n) is 2.71. The van der Waals surface area contributed by atoms with E-state index in [4.69, 9.17) is 11.1 Å². The van der Waals surface area contributed by atoms with Crippen LogP contribution in [0.3, 0.4) is 0 Å². The monoisotopic (exact) mass is 233 g/mol. The van der Waals surface area contributed by atoms with Gasteiger partial charge < -0.3 is 11.1 Å². The minimum absolute atomic E-state index is 0.0150. The molecule has 0 saturated heterocycles. The Balaban J connectivity index is 2.06. The van der Waals surface area contributed by atoms with Crippen molar-refractivity contribution in [1.82, 2.24) is 9.78 Å². The lowest BCUT2D eigenvalue weighted by Crippen LogP contribution is -2.24. The summed E-state index contributed by atoms with van der Waals surface area (Å²) >= 11 is 0. The summed E-state index contributed by atoms with van der Waals surface area (Å²) in [6.07, 6.45) is 7.23. The van der Waals surface area contributed by atoms with Crippen molar-refractivity contribution in [3.8, 4) is 0 Å². The molecule has 4 N–H and O–H groups in total. The number of fused-ring (bicyclic) bond motifs is 1. The van der Waals surface area contributed by atoms with Crippen LogP contribution in [0.2, 0.25) is 0 Å². The molecule has 1 fully saturated rings. The predicted octanol–water partition coefficient (Wildman–Crippen LogP) is 1.64. The van der Waals surface area contributed by atoms with Gasteiger partial charge in [-0.3, -0.25) is 5.41 Å². The molecule has 0 radical (unpaired) electrons. The van der Waals surface area contributed by atoms with Gasteiger partial charge in [0.1, 0.15) is 5.82 Å². The van der Waals surface area contributed by atoms with Gasteiger partial charge in [-0.15, -0.1) is 0 Å². The second-order valence-corrected chi connectivity index (χ2v) is 5.02. The van der Waals surface area contributed by atoms with E-state index in [0.29, 0.717) is 5.92 Å². The first-order chi connectivity index (χ1) is 8.27. The summed E-state index contributed by atoms with van der Waals surface area (Å²) in [4.78, 5) is 0. The lowest BCUT2D eigenvalue weighted by molar-refractivity contribution is 0.407. The first kappa shape index (κ1) is 10.6. The van der Waals surface area contributed by atoms with Crippen LogP contribution in [0.4, 0.5) is 5.82 Å². The number of nitrogens with zero attached hydrogens (tertiary/aromatic N) is 2. The van der Waals surface area contributed by atoms with Gasteiger partial charge in [0.2, 0.25) is 5.96 Å². The summed E-state index contributed by atoms with van der Waals surface area (Å²) in [7, 11) is 0. The van der Waals surface area contributed by atoms with Gasteiger partial charge in [0.15, 0.2) is 0 Å². The Bertz CT molecular complexity index is 444. The van der Waals surface area contributed by atoms with E-state index < -0.39 is 0 Å². The molecule has 0 amide bonds. The highest BCUT2D eigenvalue weighted by Gasteiger charge is 2.29. The third-order valence-electron chi connectivity index (χ3n) is 3.88. The molecule has 0 aromatic carbocycles. The number of anilines is 1. The molecule has 0 bridgehead atoms. The topological polar surface area (TPSA) is 79.7 Å². The predicted molar refractivity (Wildman–Crippen MR) is 67.6 cm³/mol. The number of nitrogen functional groups attached to an aromatic ring is 1. The zero-order valence-electron chi connectivity index (χ0n) is 10.00. The lowest BCUT2D eigenvalue weighted by Gasteiger charge is -2.24. The van der Waals surface area contributed by atoms with E-state index in [2.05, 4.69) is 10.4 Å². The van der Waals surface area contributed by atoms with Gasteiger partial charge in [-0.1, -0.05) is 6.42 Å². The number of hydrogen-bond acceptors (Lipinski definition) is 3. The Morgan fingerprint density at radius 3 is 2.82 bits per heavy atom. The molecule has 3 rings (SSSR count). The van der Waals surface area contributed by atoms with Gasteiger partial charge in [0.25, 0.3) is 0 Å². The fraction of sp³-hybridized carbons (Fsp3) is 0.667. The van der Waals surface area contributed by atoms with Crippen molar-refractivity contribution >= 4 is 11.8 Å². The first-order valence-corrected chi connectivity index (χ1v) is 6.47. The van der Waals surface area contributed by atoms with Crippen molar-refractivity contribution in [3.63, 3.8) is 0 Å². The molecule has 1 saturated carbocycles. The van der Waals surface area contributed by atoms with E-state index in [-0.39, 0.29) is 5.96 Å². The van der Waals surface area contributed by atoms with Crippen LogP contribution in [-0.4, -0.2) is 22.3 Å². The smallest absolute Gasteiger partial charge is 0.215 e. The third-order valence-corrected chi connectivity index (χ3v) is 3.88. The molecule has 2 heterocycles. The number of nitrogens with one attached hydrogen (secondary N) is 2. The minimum atomic E-state index is 0.0150. The van der Waals surface area contributed by atoms with Crippen LogP contribution in [0.25, 0.3) is 0 Å². The lowest BCUT2D eigenvalue weighted by atomic mass is 9.81. The van der Waals surface area contributed by atoms with Crippen LogP contribution < -0.4 is 11.1 Å².